The molecular weight excluding hydrogens is 322 g/mol. The number of halogens is 1. The molecule has 0 bridgehead atoms. The lowest BCUT2D eigenvalue weighted by atomic mass is 9.94. The van der Waals surface area contributed by atoms with E-state index in [4.69, 9.17) is 4.74 Å². The van der Waals surface area contributed by atoms with Gasteiger partial charge in [-0.05, 0) is 28.1 Å². The van der Waals surface area contributed by atoms with E-state index in [1.807, 2.05) is 12.1 Å². The number of aliphatic hydroxyl groups is 1. The molecule has 2 aromatic rings. The minimum atomic E-state index is -0.728. The third-order valence-corrected chi connectivity index (χ3v) is 4.24. The maximum absolute atomic E-state index is 10.5. The normalized spacial score (nSPS) is 18.1. The fourth-order valence-corrected chi connectivity index (χ4v) is 2.77. The highest BCUT2D eigenvalue weighted by Crippen LogP contribution is 2.27. The first-order chi connectivity index (χ1) is 9.68. The van der Waals surface area contributed by atoms with E-state index in [1.165, 1.54) is 0 Å². The van der Waals surface area contributed by atoms with Crippen LogP contribution in [0.15, 0.2) is 29.0 Å². The summed E-state index contributed by atoms with van der Waals surface area (Å²) in [5.41, 5.74) is 0.0752. The van der Waals surface area contributed by atoms with Crippen LogP contribution in [-0.4, -0.2) is 40.4 Å². The Morgan fingerprint density at radius 1 is 1.35 bits per heavy atom. The van der Waals surface area contributed by atoms with E-state index in [-0.39, 0.29) is 0 Å². The Hall–Kier alpha value is -1.24. The Labute approximate surface area is 125 Å². The van der Waals surface area contributed by atoms with Gasteiger partial charge in [-0.2, -0.15) is 0 Å². The second-order valence-corrected chi connectivity index (χ2v) is 5.90. The van der Waals surface area contributed by atoms with Crippen LogP contribution >= 0.6 is 15.9 Å². The van der Waals surface area contributed by atoms with E-state index in [0.717, 1.165) is 15.4 Å². The summed E-state index contributed by atoms with van der Waals surface area (Å²) in [4.78, 5) is 8.73. The van der Waals surface area contributed by atoms with Gasteiger partial charge in [0.15, 0.2) is 5.82 Å². The standard InChI is InChI=1S/C14H16BrN3O2/c15-11-8-17-13(12-10(11)2-1-5-16-12)18-9-14(19)3-6-20-7-4-14/h1-2,5,8,19H,3-4,6-7,9H2,(H,17,18). The molecule has 3 heterocycles. The first-order valence-electron chi connectivity index (χ1n) is 6.61. The van der Waals surface area contributed by atoms with Crippen molar-refractivity contribution in [3.63, 3.8) is 0 Å². The summed E-state index contributed by atoms with van der Waals surface area (Å²) in [5, 5.41) is 14.7. The Morgan fingerprint density at radius 3 is 2.95 bits per heavy atom. The summed E-state index contributed by atoms with van der Waals surface area (Å²) in [6.07, 6.45) is 4.77. The molecular formula is C14H16BrN3O2. The monoisotopic (exact) mass is 337 g/mol. The fourth-order valence-electron chi connectivity index (χ4n) is 2.34. The summed E-state index contributed by atoms with van der Waals surface area (Å²) in [5.74, 6) is 0.698. The molecule has 1 fully saturated rings. The maximum Gasteiger partial charge on any atom is 0.152 e. The van der Waals surface area contributed by atoms with Crippen LogP contribution in [0.3, 0.4) is 0 Å². The van der Waals surface area contributed by atoms with Crippen LogP contribution in [0.4, 0.5) is 5.82 Å². The van der Waals surface area contributed by atoms with Gasteiger partial charge < -0.3 is 15.2 Å². The number of pyridine rings is 2. The highest BCUT2D eigenvalue weighted by atomic mass is 79.9. The fraction of sp³-hybridized carbons (Fsp3) is 0.429. The van der Waals surface area contributed by atoms with Gasteiger partial charge in [-0.15, -0.1) is 0 Å². The zero-order valence-corrected chi connectivity index (χ0v) is 12.6. The Balaban J connectivity index is 1.82. The zero-order valence-electron chi connectivity index (χ0n) is 11.0. The lowest BCUT2D eigenvalue weighted by Crippen LogP contribution is -2.42. The number of fused-ring (bicyclic) bond motifs is 1. The number of nitrogens with zero attached hydrogens (tertiary/aromatic N) is 2. The highest BCUT2D eigenvalue weighted by Gasteiger charge is 2.29. The lowest BCUT2D eigenvalue weighted by Gasteiger charge is -2.32. The third-order valence-electron chi connectivity index (χ3n) is 3.60. The molecule has 6 heteroatoms. The van der Waals surface area contributed by atoms with Crippen molar-refractivity contribution in [2.75, 3.05) is 25.1 Å². The van der Waals surface area contributed by atoms with Gasteiger partial charge in [0.05, 0.1) is 5.60 Å². The molecule has 0 aromatic carbocycles. The average Bonchev–Trinajstić information content (AvgIpc) is 2.48. The summed E-state index contributed by atoms with van der Waals surface area (Å²) >= 11 is 3.47. The van der Waals surface area contributed by atoms with Crippen molar-refractivity contribution in [3.05, 3.63) is 29.0 Å². The van der Waals surface area contributed by atoms with Crippen molar-refractivity contribution in [3.8, 4) is 0 Å². The minimum absolute atomic E-state index is 0.455. The SMILES string of the molecule is OC1(CNc2ncc(Br)c3cccnc23)CCOCC1. The van der Waals surface area contributed by atoms with Crippen molar-refractivity contribution < 1.29 is 9.84 Å². The molecule has 2 aromatic heterocycles. The van der Waals surface area contributed by atoms with Gasteiger partial charge in [0.25, 0.3) is 0 Å². The van der Waals surface area contributed by atoms with Gasteiger partial charge in [0.2, 0.25) is 0 Å². The molecule has 0 saturated carbocycles. The molecule has 3 rings (SSSR count). The van der Waals surface area contributed by atoms with Crippen molar-refractivity contribution in [1.29, 1.82) is 0 Å². The average molecular weight is 338 g/mol. The molecule has 1 aliphatic rings. The van der Waals surface area contributed by atoms with Crippen molar-refractivity contribution in [2.24, 2.45) is 0 Å². The predicted octanol–water partition coefficient (Wildman–Crippen LogP) is 2.35. The molecule has 2 N–H and O–H groups in total. The van der Waals surface area contributed by atoms with E-state index in [0.29, 0.717) is 38.4 Å². The first kappa shape index (κ1) is 13.7. The van der Waals surface area contributed by atoms with Crippen LogP contribution in [0, 0.1) is 0 Å². The van der Waals surface area contributed by atoms with Crippen molar-refractivity contribution in [1.82, 2.24) is 9.97 Å². The molecule has 0 amide bonds. The second kappa shape index (κ2) is 5.63. The van der Waals surface area contributed by atoms with E-state index >= 15 is 0 Å². The molecule has 0 spiro atoms. The molecule has 0 atom stereocenters. The van der Waals surface area contributed by atoms with Crippen LogP contribution in [0.5, 0.6) is 0 Å². The van der Waals surface area contributed by atoms with Gasteiger partial charge >= 0.3 is 0 Å². The number of hydrogen-bond acceptors (Lipinski definition) is 5. The Kier molecular flexibility index (Phi) is 3.87. The van der Waals surface area contributed by atoms with E-state index < -0.39 is 5.60 Å². The Bertz CT molecular complexity index is 614. The quantitative estimate of drug-likeness (QED) is 0.899. The van der Waals surface area contributed by atoms with Gasteiger partial charge in [-0.1, -0.05) is 0 Å². The summed E-state index contributed by atoms with van der Waals surface area (Å²) in [7, 11) is 0. The van der Waals surface area contributed by atoms with Crippen LogP contribution in [0.2, 0.25) is 0 Å². The van der Waals surface area contributed by atoms with Crippen LogP contribution in [0.25, 0.3) is 10.9 Å². The third kappa shape index (κ3) is 2.77. The van der Waals surface area contributed by atoms with Crippen molar-refractivity contribution >= 4 is 32.7 Å². The van der Waals surface area contributed by atoms with Gasteiger partial charge in [0, 0.05) is 54.9 Å². The van der Waals surface area contributed by atoms with E-state index in [9.17, 15) is 5.11 Å². The Morgan fingerprint density at radius 2 is 2.15 bits per heavy atom. The largest absolute Gasteiger partial charge is 0.388 e. The number of hydrogen-bond donors (Lipinski definition) is 2. The lowest BCUT2D eigenvalue weighted by molar-refractivity contribution is -0.0543. The molecule has 0 radical (unpaired) electrons. The number of rotatable bonds is 3. The topological polar surface area (TPSA) is 67.3 Å². The van der Waals surface area contributed by atoms with Crippen LogP contribution in [-0.2, 0) is 4.74 Å². The zero-order chi connectivity index (χ0) is 14.0. The molecule has 0 aliphatic carbocycles. The molecule has 5 nitrogen and oxygen atoms in total. The van der Waals surface area contributed by atoms with Gasteiger partial charge in [-0.25, -0.2) is 4.98 Å². The molecule has 1 aliphatic heterocycles. The summed E-state index contributed by atoms with van der Waals surface area (Å²) in [6.45, 7) is 1.66. The van der Waals surface area contributed by atoms with Crippen LogP contribution in [0.1, 0.15) is 12.8 Å². The second-order valence-electron chi connectivity index (χ2n) is 5.04. The highest BCUT2D eigenvalue weighted by molar-refractivity contribution is 9.10. The first-order valence-corrected chi connectivity index (χ1v) is 7.40. The van der Waals surface area contributed by atoms with Gasteiger partial charge in [-0.3, -0.25) is 4.98 Å². The van der Waals surface area contributed by atoms with E-state index in [1.54, 1.807) is 12.4 Å². The minimum Gasteiger partial charge on any atom is -0.388 e. The van der Waals surface area contributed by atoms with Crippen molar-refractivity contribution in [2.45, 2.75) is 18.4 Å². The molecule has 106 valence electrons. The predicted molar refractivity (Wildman–Crippen MR) is 80.7 cm³/mol. The summed E-state index contributed by atoms with van der Waals surface area (Å²) in [6, 6.07) is 3.88. The van der Waals surface area contributed by atoms with Crippen LogP contribution < -0.4 is 5.32 Å². The molecule has 20 heavy (non-hydrogen) atoms. The number of anilines is 1. The van der Waals surface area contributed by atoms with Gasteiger partial charge in [0.1, 0.15) is 5.52 Å². The smallest absolute Gasteiger partial charge is 0.152 e. The van der Waals surface area contributed by atoms with E-state index in [2.05, 4.69) is 31.2 Å². The number of nitrogens with one attached hydrogen (secondary N) is 1. The summed E-state index contributed by atoms with van der Waals surface area (Å²) < 4.78 is 6.19. The maximum atomic E-state index is 10.5. The molecule has 0 unspecified atom stereocenters. The number of aromatic nitrogens is 2. The molecule has 1 saturated heterocycles. The number of ether oxygens (including phenoxy) is 1.